The highest BCUT2D eigenvalue weighted by atomic mass is 35.5. The van der Waals surface area contributed by atoms with Crippen molar-refractivity contribution in [2.45, 2.75) is 24.9 Å². The molecule has 1 heterocycles. The maximum Gasteiger partial charge on any atom is 0.305 e. The molecule has 0 spiro atoms. The normalized spacial score (nSPS) is 17.0. The number of hydrogen-bond acceptors (Lipinski definition) is 6. The van der Waals surface area contributed by atoms with Crippen molar-refractivity contribution in [2.75, 3.05) is 25.6 Å². The molecule has 31 heavy (non-hydrogen) atoms. The Morgan fingerprint density at radius 2 is 2.00 bits per heavy atom. The average molecular weight is 448 g/mol. The maximum absolute atomic E-state index is 14.7. The lowest BCUT2D eigenvalue weighted by Crippen LogP contribution is -2.30. The molecule has 0 saturated heterocycles. The number of halogens is 2. The molecule has 3 rings (SSSR count). The average Bonchev–Trinajstić information content (AvgIpc) is 2.92. The lowest BCUT2D eigenvalue weighted by molar-refractivity contribution is -0.140. The fourth-order valence-corrected chi connectivity index (χ4v) is 3.38. The molecule has 164 valence electrons. The van der Waals surface area contributed by atoms with E-state index in [9.17, 15) is 19.4 Å². The van der Waals surface area contributed by atoms with Gasteiger partial charge in [0.1, 0.15) is 17.7 Å². The molecule has 0 saturated carbocycles. The molecule has 0 radical (unpaired) electrons. The van der Waals surface area contributed by atoms with Gasteiger partial charge in [0.15, 0.2) is 0 Å². The third-order valence-electron chi connectivity index (χ3n) is 4.82. The van der Waals surface area contributed by atoms with E-state index in [2.05, 4.69) is 10.3 Å². The molecule has 2 aromatic carbocycles. The summed E-state index contributed by atoms with van der Waals surface area (Å²) < 4.78 is 19.4. The summed E-state index contributed by atoms with van der Waals surface area (Å²) in [5.41, 5.74) is 1.78. The van der Waals surface area contributed by atoms with Crippen LogP contribution >= 0.6 is 11.6 Å². The van der Waals surface area contributed by atoms with Crippen LogP contribution in [0.5, 0.6) is 0 Å². The minimum Gasteiger partial charge on any atom is -0.469 e. The molecule has 2 aromatic rings. The molecule has 0 unspecified atom stereocenters. The van der Waals surface area contributed by atoms with Crippen molar-refractivity contribution >= 4 is 34.8 Å². The zero-order valence-electron chi connectivity index (χ0n) is 16.9. The Labute approximate surface area is 184 Å². The van der Waals surface area contributed by atoms with Crippen LogP contribution in [0.15, 0.2) is 52.4 Å². The van der Waals surface area contributed by atoms with Gasteiger partial charge in [0.05, 0.1) is 32.1 Å². The minimum absolute atomic E-state index is 0.0515. The highest BCUT2D eigenvalue weighted by molar-refractivity contribution is 6.32. The monoisotopic (exact) mass is 447 g/mol. The Morgan fingerprint density at radius 3 is 2.68 bits per heavy atom. The van der Waals surface area contributed by atoms with Crippen molar-refractivity contribution < 1.29 is 24.1 Å². The smallest absolute Gasteiger partial charge is 0.305 e. The lowest BCUT2D eigenvalue weighted by atomic mass is 10.00. The van der Waals surface area contributed by atoms with Crippen LogP contribution in [-0.2, 0) is 9.53 Å². The summed E-state index contributed by atoms with van der Waals surface area (Å²) in [5.74, 6) is -0.539. The molecule has 0 fully saturated rings. The first-order valence-corrected chi connectivity index (χ1v) is 10.1. The molecular formula is C22H23ClFN3O4. The Morgan fingerprint density at radius 1 is 1.26 bits per heavy atom. The maximum atomic E-state index is 14.7. The van der Waals surface area contributed by atoms with E-state index in [-0.39, 0.29) is 31.6 Å². The predicted octanol–water partition coefficient (Wildman–Crippen LogP) is 2.82. The SMILES string of the molecule is COC(=O)CC[C@@H]1N=C(c2ccccc2F)c2cc(Cl)ccc2NC1=NC(CO)CO. The number of ether oxygens (including phenoxy) is 1. The van der Waals surface area contributed by atoms with Gasteiger partial charge in [-0.25, -0.2) is 4.39 Å². The first-order chi connectivity index (χ1) is 15.0. The molecule has 0 bridgehead atoms. The number of rotatable bonds is 7. The van der Waals surface area contributed by atoms with Gasteiger partial charge in [0.25, 0.3) is 0 Å². The van der Waals surface area contributed by atoms with Gasteiger partial charge >= 0.3 is 5.97 Å². The minimum atomic E-state index is -0.774. The van der Waals surface area contributed by atoms with Gasteiger partial charge in [0.2, 0.25) is 0 Å². The summed E-state index contributed by atoms with van der Waals surface area (Å²) in [7, 11) is 1.29. The van der Waals surface area contributed by atoms with Crippen LogP contribution < -0.4 is 5.32 Å². The molecular weight excluding hydrogens is 425 g/mol. The summed E-state index contributed by atoms with van der Waals surface area (Å²) in [5, 5.41) is 22.6. The summed E-state index contributed by atoms with van der Waals surface area (Å²) in [4.78, 5) is 20.9. The number of nitrogens with zero attached hydrogens (tertiary/aromatic N) is 2. The molecule has 9 heteroatoms. The number of hydrogen-bond donors (Lipinski definition) is 3. The van der Waals surface area contributed by atoms with Crippen molar-refractivity contribution in [3.05, 3.63) is 64.4 Å². The summed E-state index contributed by atoms with van der Waals surface area (Å²) >= 11 is 6.21. The zero-order valence-corrected chi connectivity index (χ0v) is 17.6. The standard InChI is InChI=1S/C22H23ClFN3O4/c1-31-20(30)9-8-19-22(25-14(11-28)12-29)27-18-7-6-13(23)10-16(18)21(26-19)15-4-2-3-5-17(15)24/h2-7,10,14,19,28-29H,8-9,11-12H2,1H3,(H,25,27)/t19-/m0/s1. The lowest BCUT2D eigenvalue weighted by Gasteiger charge is -2.17. The Hall–Kier alpha value is -2.81. The Bertz CT molecular complexity index is 1010. The number of carbonyl (C=O) groups is 1. The molecule has 3 N–H and O–H groups in total. The number of benzene rings is 2. The summed E-state index contributed by atoms with van der Waals surface area (Å²) in [6.07, 6.45) is 0.275. The third kappa shape index (κ3) is 5.46. The van der Waals surface area contributed by atoms with E-state index in [4.69, 9.17) is 21.3 Å². The number of methoxy groups -OCH3 is 1. The largest absolute Gasteiger partial charge is 0.469 e. The topological polar surface area (TPSA) is 104 Å². The number of amidine groups is 1. The zero-order chi connectivity index (χ0) is 22.4. The van der Waals surface area contributed by atoms with Gasteiger partial charge in [-0.3, -0.25) is 14.8 Å². The van der Waals surface area contributed by atoms with Gasteiger partial charge < -0.3 is 20.3 Å². The first kappa shape index (κ1) is 22.9. The third-order valence-corrected chi connectivity index (χ3v) is 5.06. The fraction of sp³-hybridized carbons (Fsp3) is 0.318. The number of fused-ring (bicyclic) bond motifs is 1. The van der Waals surface area contributed by atoms with E-state index in [1.807, 2.05) is 0 Å². The van der Waals surface area contributed by atoms with Crippen molar-refractivity contribution in [1.82, 2.24) is 0 Å². The molecule has 0 aliphatic carbocycles. The van der Waals surface area contributed by atoms with Crippen LogP contribution in [0.3, 0.4) is 0 Å². The number of aliphatic imine (C=N–C) groups is 2. The van der Waals surface area contributed by atoms with E-state index in [1.54, 1.807) is 36.4 Å². The number of aliphatic hydroxyl groups excluding tert-OH is 2. The second kappa shape index (κ2) is 10.5. The van der Waals surface area contributed by atoms with Crippen LogP contribution in [0.1, 0.15) is 24.0 Å². The highest BCUT2D eigenvalue weighted by Crippen LogP contribution is 2.29. The van der Waals surface area contributed by atoms with Crippen molar-refractivity contribution in [3.8, 4) is 0 Å². The molecule has 0 amide bonds. The Kier molecular flexibility index (Phi) is 7.73. The van der Waals surface area contributed by atoms with E-state index < -0.39 is 23.9 Å². The van der Waals surface area contributed by atoms with Gasteiger partial charge in [-0.1, -0.05) is 23.7 Å². The van der Waals surface area contributed by atoms with Gasteiger partial charge in [-0.05, 0) is 36.8 Å². The quantitative estimate of drug-likeness (QED) is 0.566. The van der Waals surface area contributed by atoms with Crippen LogP contribution in [0.25, 0.3) is 0 Å². The van der Waals surface area contributed by atoms with Crippen LogP contribution in [-0.4, -0.2) is 60.1 Å². The summed E-state index contributed by atoms with van der Waals surface area (Å²) in [6, 6.07) is 9.86. The molecule has 1 aliphatic rings. The number of esters is 1. The molecule has 1 atom stereocenters. The van der Waals surface area contributed by atoms with E-state index >= 15 is 0 Å². The van der Waals surface area contributed by atoms with E-state index in [1.165, 1.54) is 13.2 Å². The molecule has 1 aliphatic heterocycles. The van der Waals surface area contributed by atoms with Crippen LogP contribution in [0.2, 0.25) is 5.02 Å². The van der Waals surface area contributed by atoms with E-state index in [0.29, 0.717) is 27.8 Å². The molecule has 7 nitrogen and oxygen atoms in total. The summed E-state index contributed by atoms with van der Waals surface area (Å²) in [6.45, 7) is -0.745. The van der Waals surface area contributed by atoms with Crippen molar-refractivity contribution in [3.63, 3.8) is 0 Å². The molecule has 0 aromatic heterocycles. The second-order valence-electron chi connectivity index (χ2n) is 6.94. The van der Waals surface area contributed by atoms with Crippen molar-refractivity contribution in [2.24, 2.45) is 9.98 Å². The van der Waals surface area contributed by atoms with Crippen molar-refractivity contribution in [1.29, 1.82) is 0 Å². The van der Waals surface area contributed by atoms with Gasteiger partial charge in [0, 0.05) is 28.3 Å². The number of nitrogens with one attached hydrogen (secondary N) is 1. The number of aliphatic hydroxyl groups is 2. The Balaban J connectivity index is 2.18. The van der Waals surface area contributed by atoms with Gasteiger partial charge in [-0.2, -0.15) is 0 Å². The van der Waals surface area contributed by atoms with Gasteiger partial charge in [-0.15, -0.1) is 0 Å². The first-order valence-electron chi connectivity index (χ1n) is 9.72. The van der Waals surface area contributed by atoms with E-state index in [0.717, 1.165) is 0 Å². The number of carbonyl (C=O) groups excluding carboxylic acids is 1. The second-order valence-corrected chi connectivity index (χ2v) is 7.37. The highest BCUT2D eigenvalue weighted by Gasteiger charge is 2.27. The fourth-order valence-electron chi connectivity index (χ4n) is 3.21. The van der Waals surface area contributed by atoms with Crippen LogP contribution in [0.4, 0.5) is 10.1 Å². The predicted molar refractivity (Wildman–Crippen MR) is 118 cm³/mol. The number of benzodiazepines with no additional fused rings is 1. The van der Waals surface area contributed by atoms with Crippen LogP contribution in [0, 0.1) is 5.82 Å². The number of anilines is 1.